The van der Waals surface area contributed by atoms with Crippen LogP contribution in [0.15, 0.2) is 72.8 Å². The zero-order valence-electron chi connectivity index (χ0n) is 16.1. The first-order valence-corrected chi connectivity index (χ1v) is 9.43. The number of benzene rings is 3. The Bertz CT molecular complexity index is 1200. The molecule has 0 saturated heterocycles. The standard InChI is InChI=1S/C25H16F4O2/c26-21-9-10-22-18(12-19(13-24(30)31)23(22)14-21)11-15-1-3-16(4-2-15)17-5-7-20(8-6-17)25(27,28)29/h1-12,14H,13H2,(H,30,31)/b18-11+. The fraction of sp³-hybridized carbons (Fsp3) is 0.0800. The fourth-order valence-electron chi connectivity index (χ4n) is 3.61. The normalized spacial score (nSPS) is 14.5. The van der Waals surface area contributed by atoms with Crippen LogP contribution in [0.3, 0.4) is 0 Å². The van der Waals surface area contributed by atoms with Crippen LogP contribution in [-0.4, -0.2) is 11.1 Å². The number of rotatable bonds is 4. The summed E-state index contributed by atoms with van der Waals surface area (Å²) in [6.45, 7) is 0. The van der Waals surface area contributed by atoms with Gasteiger partial charge in [-0.3, -0.25) is 4.79 Å². The van der Waals surface area contributed by atoms with Gasteiger partial charge < -0.3 is 5.11 Å². The minimum absolute atomic E-state index is 0.208. The lowest BCUT2D eigenvalue weighted by atomic mass is 9.99. The molecule has 0 radical (unpaired) electrons. The van der Waals surface area contributed by atoms with E-state index >= 15 is 0 Å². The molecule has 6 heteroatoms. The van der Waals surface area contributed by atoms with E-state index in [0.29, 0.717) is 16.7 Å². The second-order valence-corrected chi connectivity index (χ2v) is 7.23. The Morgan fingerprint density at radius 3 is 2.06 bits per heavy atom. The van der Waals surface area contributed by atoms with Gasteiger partial charge in [0.05, 0.1) is 12.0 Å². The summed E-state index contributed by atoms with van der Waals surface area (Å²) < 4.78 is 51.9. The highest BCUT2D eigenvalue weighted by Gasteiger charge is 2.30. The lowest BCUT2D eigenvalue weighted by molar-refractivity contribution is -0.138. The molecule has 156 valence electrons. The molecule has 31 heavy (non-hydrogen) atoms. The van der Waals surface area contributed by atoms with Crippen LogP contribution in [0, 0.1) is 5.82 Å². The van der Waals surface area contributed by atoms with Crippen molar-refractivity contribution in [2.75, 3.05) is 0 Å². The maximum Gasteiger partial charge on any atom is 0.416 e. The first-order chi connectivity index (χ1) is 14.7. The predicted molar refractivity (Wildman–Crippen MR) is 111 cm³/mol. The van der Waals surface area contributed by atoms with Crippen molar-refractivity contribution >= 4 is 23.2 Å². The van der Waals surface area contributed by atoms with E-state index < -0.39 is 23.5 Å². The van der Waals surface area contributed by atoms with Gasteiger partial charge in [-0.05, 0) is 75.4 Å². The van der Waals surface area contributed by atoms with Gasteiger partial charge in [0.25, 0.3) is 0 Å². The van der Waals surface area contributed by atoms with Crippen LogP contribution < -0.4 is 0 Å². The summed E-state index contributed by atoms with van der Waals surface area (Å²) in [5.41, 5.74) is 4.19. The van der Waals surface area contributed by atoms with Gasteiger partial charge in [-0.15, -0.1) is 0 Å². The molecule has 0 spiro atoms. The number of allylic oxidation sites excluding steroid dienone is 2. The Kier molecular flexibility index (Phi) is 5.23. The molecule has 2 nitrogen and oxygen atoms in total. The zero-order chi connectivity index (χ0) is 22.2. The maximum atomic E-state index is 13.7. The summed E-state index contributed by atoms with van der Waals surface area (Å²) in [4.78, 5) is 11.1. The Morgan fingerprint density at radius 2 is 1.48 bits per heavy atom. The molecular weight excluding hydrogens is 408 g/mol. The number of alkyl halides is 3. The molecular formula is C25H16F4O2. The van der Waals surface area contributed by atoms with Gasteiger partial charge >= 0.3 is 12.1 Å². The van der Waals surface area contributed by atoms with Crippen molar-refractivity contribution in [1.82, 2.24) is 0 Å². The number of hydrogen-bond donors (Lipinski definition) is 1. The third-order valence-electron chi connectivity index (χ3n) is 5.09. The SMILES string of the molecule is O=C(O)CC1=C/C(=C\c2ccc(-c3ccc(C(F)(F)F)cc3)cc2)c2ccc(F)cc21. The van der Waals surface area contributed by atoms with Crippen LogP contribution >= 0.6 is 0 Å². The number of hydrogen-bond acceptors (Lipinski definition) is 1. The van der Waals surface area contributed by atoms with E-state index in [9.17, 15) is 22.4 Å². The molecule has 0 atom stereocenters. The summed E-state index contributed by atoms with van der Waals surface area (Å²) >= 11 is 0. The van der Waals surface area contributed by atoms with E-state index in [4.69, 9.17) is 5.11 Å². The van der Waals surface area contributed by atoms with Crippen LogP contribution in [0.2, 0.25) is 0 Å². The first-order valence-electron chi connectivity index (χ1n) is 9.43. The minimum atomic E-state index is -4.37. The van der Waals surface area contributed by atoms with Gasteiger partial charge in [-0.2, -0.15) is 13.2 Å². The van der Waals surface area contributed by atoms with Crippen molar-refractivity contribution in [2.45, 2.75) is 12.6 Å². The first kappa shape index (κ1) is 20.6. The second-order valence-electron chi connectivity index (χ2n) is 7.23. The predicted octanol–water partition coefficient (Wildman–Crippen LogP) is 6.92. The average Bonchev–Trinajstić information content (AvgIpc) is 3.03. The van der Waals surface area contributed by atoms with E-state index in [1.54, 1.807) is 24.3 Å². The molecule has 0 heterocycles. The molecule has 0 unspecified atom stereocenters. The third-order valence-corrected chi connectivity index (χ3v) is 5.09. The number of carboxylic acid groups (broad SMARTS) is 1. The molecule has 1 aliphatic rings. The highest BCUT2D eigenvalue weighted by molar-refractivity contribution is 6.04. The van der Waals surface area contributed by atoms with E-state index in [-0.39, 0.29) is 6.42 Å². The van der Waals surface area contributed by atoms with Gasteiger partial charge in [0.15, 0.2) is 0 Å². The summed E-state index contributed by atoms with van der Waals surface area (Å²) in [5, 5.41) is 9.13. The number of halogens is 4. The Hall–Kier alpha value is -3.67. The van der Waals surface area contributed by atoms with Gasteiger partial charge in [-0.25, -0.2) is 4.39 Å². The molecule has 0 aliphatic heterocycles. The molecule has 1 N–H and O–H groups in total. The highest BCUT2D eigenvalue weighted by Crippen LogP contribution is 2.38. The molecule has 3 aromatic carbocycles. The van der Waals surface area contributed by atoms with Crippen molar-refractivity contribution in [3.05, 3.63) is 101 Å². The summed E-state index contributed by atoms with van der Waals surface area (Å²) in [5.74, 6) is -1.43. The van der Waals surface area contributed by atoms with E-state index in [0.717, 1.165) is 34.4 Å². The van der Waals surface area contributed by atoms with Gasteiger partial charge in [0, 0.05) is 0 Å². The molecule has 4 rings (SSSR count). The van der Waals surface area contributed by atoms with E-state index in [2.05, 4.69) is 0 Å². The zero-order valence-corrected chi connectivity index (χ0v) is 16.1. The largest absolute Gasteiger partial charge is 0.481 e. The number of carboxylic acids is 1. The number of aliphatic carboxylic acids is 1. The number of carbonyl (C=O) groups is 1. The highest BCUT2D eigenvalue weighted by atomic mass is 19.4. The number of fused-ring (bicyclic) bond motifs is 1. The van der Waals surface area contributed by atoms with Crippen molar-refractivity contribution < 1.29 is 27.5 Å². The van der Waals surface area contributed by atoms with Crippen LogP contribution in [-0.2, 0) is 11.0 Å². The van der Waals surface area contributed by atoms with Crippen LogP contribution in [0.4, 0.5) is 17.6 Å². The molecule has 1 aliphatic carbocycles. The van der Waals surface area contributed by atoms with Gasteiger partial charge in [0.2, 0.25) is 0 Å². The molecule has 0 saturated carbocycles. The molecule has 3 aromatic rings. The molecule has 0 bridgehead atoms. The van der Waals surface area contributed by atoms with Crippen molar-refractivity contribution in [3.63, 3.8) is 0 Å². The monoisotopic (exact) mass is 424 g/mol. The topological polar surface area (TPSA) is 37.3 Å². The van der Waals surface area contributed by atoms with Crippen LogP contribution in [0.25, 0.3) is 28.3 Å². The molecule has 0 fully saturated rings. The van der Waals surface area contributed by atoms with Crippen molar-refractivity contribution in [2.24, 2.45) is 0 Å². The summed E-state index contributed by atoms with van der Waals surface area (Å²) in [7, 11) is 0. The van der Waals surface area contributed by atoms with E-state index in [1.807, 2.05) is 18.2 Å². The van der Waals surface area contributed by atoms with Crippen LogP contribution in [0.1, 0.15) is 28.7 Å². The third kappa shape index (κ3) is 4.43. The summed E-state index contributed by atoms with van der Waals surface area (Å²) in [6.07, 6.45) is -0.979. The van der Waals surface area contributed by atoms with Gasteiger partial charge in [-0.1, -0.05) is 42.5 Å². The van der Waals surface area contributed by atoms with Crippen molar-refractivity contribution in [3.8, 4) is 11.1 Å². The average molecular weight is 424 g/mol. The molecule has 0 aromatic heterocycles. The smallest absolute Gasteiger partial charge is 0.416 e. The summed E-state index contributed by atoms with van der Waals surface area (Å²) in [6, 6.07) is 16.5. The maximum absolute atomic E-state index is 13.7. The van der Waals surface area contributed by atoms with Crippen LogP contribution in [0.5, 0.6) is 0 Å². The quantitative estimate of drug-likeness (QED) is 0.462. The van der Waals surface area contributed by atoms with E-state index in [1.165, 1.54) is 24.3 Å². The van der Waals surface area contributed by atoms with Crippen molar-refractivity contribution in [1.29, 1.82) is 0 Å². The minimum Gasteiger partial charge on any atom is -0.481 e. The lowest BCUT2D eigenvalue weighted by Gasteiger charge is -2.08. The second kappa shape index (κ2) is 7.87. The fourth-order valence-corrected chi connectivity index (χ4v) is 3.61. The molecule has 0 amide bonds. The Labute approximate surface area is 175 Å². The Balaban J connectivity index is 1.63. The van der Waals surface area contributed by atoms with Gasteiger partial charge in [0.1, 0.15) is 5.82 Å². The lowest BCUT2D eigenvalue weighted by Crippen LogP contribution is -2.03. The Morgan fingerprint density at radius 1 is 0.871 bits per heavy atom.